The molecule has 4 atom stereocenters. The highest BCUT2D eigenvalue weighted by atomic mass is 79.9. The van der Waals surface area contributed by atoms with Crippen LogP contribution >= 0.6 is 15.9 Å². The lowest BCUT2D eigenvalue weighted by Gasteiger charge is -2.27. The van der Waals surface area contributed by atoms with Crippen LogP contribution < -0.4 is 16.0 Å². The number of hydrogen-bond acceptors (Lipinski definition) is 11. The summed E-state index contributed by atoms with van der Waals surface area (Å²) in [4.78, 5) is 81.1. The van der Waals surface area contributed by atoms with E-state index in [0.717, 1.165) is 11.1 Å². The van der Waals surface area contributed by atoms with Crippen LogP contribution in [0.25, 0.3) is 22.0 Å². The maximum absolute atomic E-state index is 14.4. The number of likely N-dealkylation sites (tertiary alicyclic amines) is 1. The number of aromatic nitrogens is 5. The summed E-state index contributed by atoms with van der Waals surface area (Å²) in [5.74, 6) is -0.829. The minimum Gasteiger partial charge on any atom is -0.453 e. The van der Waals surface area contributed by atoms with Crippen molar-refractivity contribution in [2.45, 2.75) is 71.8 Å². The fourth-order valence-electron chi connectivity index (χ4n) is 7.05. The zero-order valence-electron chi connectivity index (χ0n) is 30.8. The molecule has 16 nitrogen and oxygen atoms in total. The van der Waals surface area contributed by atoms with Gasteiger partial charge in [0, 0.05) is 55.4 Å². The average Bonchev–Trinajstić information content (AvgIpc) is 3.56. The number of nitrogens with zero attached hydrogens (tertiary/aromatic N) is 6. The van der Waals surface area contributed by atoms with Crippen molar-refractivity contribution in [3.63, 3.8) is 0 Å². The molecule has 1 saturated heterocycles. The maximum Gasteiger partial charge on any atom is 0.407 e. The quantitative estimate of drug-likeness (QED) is 0.166. The number of halogens is 1. The Morgan fingerprint density at radius 1 is 1.04 bits per heavy atom. The first-order valence-electron chi connectivity index (χ1n) is 17.4. The van der Waals surface area contributed by atoms with Crippen LogP contribution in [-0.4, -0.2) is 98.1 Å². The molecule has 1 aromatic carbocycles. The molecule has 17 heteroatoms. The highest BCUT2D eigenvalue weighted by Gasteiger charge is 2.67. The fourth-order valence-corrected chi connectivity index (χ4v) is 7.37. The number of amides is 4. The van der Waals surface area contributed by atoms with Crippen molar-refractivity contribution in [2.24, 2.45) is 11.3 Å². The van der Waals surface area contributed by atoms with Crippen molar-refractivity contribution >= 4 is 62.2 Å². The van der Waals surface area contributed by atoms with Gasteiger partial charge in [0.2, 0.25) is 17.7 Å². The van der Waals surface area contributed by atoms with E-state index < -0.39 is 35.4 Å². The van der Waals surface area contributed by atoms with Crippen LogP contribution in [-0.2, 0) is 37.0 Å². The largest absolute Gasteiger partial charge is 0.453 e. The van der Waals surface area contributed by atoms with Crippen LogP contribution in [0.4, 0.5) is 10.6 Å². The number of piperidine rings is 1. The second-order valence-corrected chi connectivity index (χ2v) is 14.9. The molecular formula is C37H42BrN9O7. The third-order valence-corrected chi connectivity index (χ3v) is 10.6. The SMILES string of the molecule is COCc1ccc(Br)c(NC(=O)[C@@H]2CC3(CNC(=O)[C@@H](NC(=O)OC)C(C)C)CC3N2C(=O)Cn2nc(C(C)=O)c3cc(-c4cnc(C)nc4)ccc32)n1. The van der Waals surface area contributed by atoms with Crippen molar-refractivity contribution in [3.05, 3.63) is 64.4 Å². The molecule has 6 rings (SSSR count). The van der Waals surface area contributed by atoms with Crippen molar-refractivity contribution in [1.82, 2.24) is 40.3 Å². The first kappa shape index (κ1) is 38.4. The molecule has 0 spiro atoms. The van der Waals surface area contributed by atoms with E-state index in [4.69, 9.17) is 9.47 Å². The van der Waals surface area contributed by atoms with Crippen molar-refractivity contribution < 1.29 is 33.4 Å². The zero-order chi connectivity index (χ0) is 38.9. The lowest BCUT2D eigenvalue weighted by Crippen LogP contribution is -2.50. The number of rotatable bonds is 13. The summed E-state index contributed by atoms with van der Waals surface area (Å²) in [5.41, 5.74) is 2.33. The molecule has 4 aromatic rings. The lowest BCUT2D eigenvalue weighted by atomic mass is 9.98. The van der Waals surface area contributed by atoms with Gasteiger partial charge < -0.3 is 30.3 Å². The van der Waals surface area contributed by atoms with Crippen LogP contribution in [0, 0.1) is 18.3 Å². The van der Waals surface area contributed by atoms with Crippen LogP contribution in [0.1, 0.15) is 55.6 Å². The highest BCUT2D eigenvalue weighted by molar-refractivity contribution is 9.10. The van der Waals surface area contributed by atoms with E-state index >= 15 is 0 Å². The van der Waals surface area contributed by atoms with Gasteiger partial charge in [-0.15, -0.1) is 0 Å². The predicted molar refractivity (Wildman–Crippen MR) is 200 cm³/mol. The summed E-state index contributed by atoms with van der Waals surface area (Å²) in [6, 6.07) is 6.87. The molecule has 1 aliphatic carbocycles. The topological polar surface area (TPSA) is 200 Å². The minimum atomic E-state index is -0.913. The Kier molecular flexibility index (Phi) is 11.1. The molecule has 2 fully saturated rings. The van der Waals surface area contributed by atoms with Gasteiger partial charge in [-0.2, -0.15) is 5.10 Å². The number of ketones is 1. The summed E-state index contributed by atoms with van der Waals surface area (Å²) >= 11 is 3.46. The Balaban J connectivity index is 1.28. The van der Waals surface area contributed by atoms with E-state index in [9.17, 15) is 24.0 Å². The maximum atomic E-state index is 14.4. The first-order chi connectivity index (χ1) is 25.7. The number of fused-ring (bicyclic) bond motifs is 2. The molecule has 1 aliphatic heterocycles. The van der Waals surface area contributed by atoms with Crippen molar-refractivity contribution in [2.75, 3.05) is 26.1 Å². The van der Waals surface area contributed by atoms with E-state index in [-0.39, 0.29) is 61.3 Å². The van der Waals surface area contributed by atoms with Gasteiger partial charge in [0.05, 0.1) is 29.4 Å². The van der Waals surface area contributed by atoms with Gasteiger partial charge in [-0.1, -0.05) is 19.9 Å². The second-order valence-electron chi connectivity index (χ2n) is 14.0. The third-order valence-electron chi connectivity index (χ3n) is 9.95. The number of hydrogen-bond donors (Lipinski definition) is 3. The molecule has 2 unspecified atom stereocenters. The Bertz CT molecular complexity index is 2120. The summed E-state index contributed by atoms with van der Waals surface area (Å²) in [5, 5.41) is 13.5. The number of pyridine rings is 1. The van der Waals surface area contributed by atoms with Gasteiger partial charge in [-0.25, -0.2) is 19.7 Å². The molecule has 0 bridgehead atoms. The van der Waals surface area contributed by atoms with Gasteiger partial charge in [-0.3, -0.25) is 23.9 Å². The summed E-state index contributed by atoms with van der Waals surface area (Å²) in [7, 11) is 2.77. The van der Waals surface area contributed by atoms with E-state index in [0.29, 0.717) is 33.3 Å². The Labute approximate surface area is 319 Å². The standard InChI is InChI=1S/C37H42BrN9O7/c1-19(2)31(43-36(52)54-6)35(51)41-18-37-12-28(34(50)44-33-26(38)9-8-24(42-33)17-53-5)47(29(37)13-37)30(49)16-46-27-10-7-22(23-14-39-21(4)40-15-23)11-25(27)32(45-46)20(3)48/h7-11,14-15,19,28-29,31H,12-13,16-18H2,1-6H3,(H,41,51)(H,43,52)(H,42,44,50)/t28-,29?,31-,37?/m0/s1. The summed E-state index contributed by atoms with van der Waals surface area (Å²) < 4.78 is 11.9. The van der Waals surface area contributed by atoms with Crippen LogP contribution in [0.2, 0.25) is 0 Å². The molecular weight excluding hydrogens is 762 g/mol. The molecule has 2 aliphatic rings. The first-order valence-corrected chi connectivity index (χ1v) is 18.2. The Hall–Kier alpha value is -5.29. The number of Topliss-reactive ketones (excluding diaryl/α,β-unsaturated/α-hetero) is 1. The number of benzene rings is 1. The van der Waals surface area contributed by atoms with Gasteiger partial charge >= 0.3 is 6.09 Å². The van der Waals surface area contributed by atoms with Crippen molar-refractivity contribution in [1.29, 1.82) is 0 Å². The lowest BCUT2D eigenvalue weighted by molar-refractivity contribution is -0.138. The van der Waals surface area contributed by atoms with Crippen molar-refractivity contribution in [3.8, 4) is 11.1 Å². The monoisotopic (exact) mass is 803 g/mol. The minimum absolute atomic E-state index is 0.173. The number of ether oxygens (including phenoxy) is 2. The molecule has 284 valence electrons. The van der Waals surface area contributed by atoms with Crippen LogP contribution in [0.5, 0.6) is 0 Å². The zero-order valence-corrected chi connectivity index (χ0v) is 32.4. The number of anilines is 1. The second kappa shape index (κ2) is 15.6. The number of carbonyl (C=O) groups excluding carboxylic acids is 5. The summed E-state index contributed by atoms with van der Waals surface area (Å²) in [6.45, 7) is 6.98. The number of alkyl carbamates (subject to hydrolysis) is 1. The molecule has 3 aromatic heterocycles. The van der Waals surface area contributed by atoms with E-state index in [1.165, 1.54) is 18.7 Å². The predicted octanol–water partition coefficient (Wildman–Crippen LogP) is 3.80. The number of aryl methyl sites for hydroxylation is 1. The normalized spacial score (nSPS) is 19.3. The number of carbonyl (C=O) groups is 5. The van der Waals surface area contributed by atoms with Crippen LogP contribution in [0.15, 0.2) is 47.2 Å². The van der Waals surface area contributed by atoms with E-state index in [1.54, 1.807) is 63.4 Å². The van der Waals surface area contributed by atoms with E-state index in [1.807, 2.05) is 12.1 Å². The molecule has 3 N–H and O–H groups in total. The molecule has 4 amide bonds. The molecule has 0 radical (unpaired) electrons. The van der Waals surface area contributed by atoms with Gasteiger partial charge in [-0.05, 0) is 71.4 Å². The van der Waals surface area contributed by atoms with Gasteiger partial charge in [0.1, 0.15) is 36.0 Å². The van der Waals surface area contributed by atoms with E-state index in [2.05, 4.69) is 51.9 Å². The van der Waals surface area contributed by atoms with Crippen LogP contribution in [0.3, 0.4) is 0 Å². The Morgan fingerprint density at radius 3 is 2.44 bits per heavy atom. The highest BCUT2D eigenvalue weighted by Crippen LogP contribution is 2.59. The van der Waals surface area contributed by atoms with Gasteiger partial charge in [0.25, 0.3) is 0 Å². The smallest absolute Gasteiger partial charge is 0.407 e. The number of nitrogens with one attached hydrogen (secondary N) is 3. The number of methoxy groups -OCH3 is 2. The third kappa shape index (κ3) is 7.82. The fraction of sp³-hybridized carbons (Fsp3) is 0.432. The summed E-state index contributed by atoms with van der Waals surface area (Å²) in [6.07, 6.45) is 3.49. The average molecular weight is 805 g/mol. The molecule has 54 heavy (non-hydrogen) atoms. The van der Waals surface area contributed by atoms with Gasteiger partial charge in [0.15, 0.2) is 5.78 Å². The Morgan fingerprint density at radius 2 is 1.78 bits per heavy atom. The molecule has 4 heterocycles. The molecule has 1 saturated carbocycles.